The second kappa shape index (κ2) is 14.6. The van der Waals surface area contributed by atoms with Gasteiger partial charge in [-0.2, -0.15) is 0 Å². The van der Waals surface area contributed by atoms with Gasteiger partial charge < -0.3 is 15.5 Å². The van der Waals surface area contributed by atoms with Gasteiger partial charge in [-0.1, -0.05) is 88.2 Å². The summed E-state index contributed by atoms with van der Waals surface area (Å²) in [6.07, 6.45) is 8.94. The fraction of sp³-hybridized carbons (Fsp3) is 0.500. The van der Waals surface area contributed by atoms with Crippen molar-refractivity contribution >= 4 is 11.4 Å². The third kappa shape index (κ3) is 9.14. The number of aliphatic imine (C=N–C) groups is 1. The molecule has 1 atom stereocenters. The van der Waals surface area contributed by atoms with Crippen LogP contribution in [0.25, 0.3) is 0 Å². The number of allylic oxidation sites excluding steroid dienone is 1. The predicted octanol–water partition coefficient (Wildman–Crippen LogP) is 8.19. The maximum Gasteiger partial charge on any atom is 0.282 e. The van der Waals surface area contributed by atoms with Crippen molar-refractivity contribution in [2.45, 2.75) is 89.3 Å². The highest BCUT2D eigenvalue weighted by Gasteiger charge is 2.39. The molecular weight excluding hydrogens is 521 g/mol. The third-order valence-electron chi connectivity index (χ3n) is 8.04. The van der Waals surface area contributed by atoms with E-state index in [1.54, 1.807) is 4.90 Å². The molecule has 2 N–H and O–H groups in total. The van der Waals surface area contributed by atoms with Crippen molar-refractivity contribution < 1.29 is 13.2 Å². The Hall–Kier alpha value is -3.22. The first-order valence-electron chi connectivity index (χ1n) is 15.1. The van der Waals surface area contributed by atoms with Gasteiger partial charge in [0.1, 0.15) is 6.17 Å². The minimum atomic E-state index is -2.77. The first-order valence-corrected chi connectivity index (χ1v) is 15.1. The summed E-state index contributed by atoms with van der Waals surface area (Å²) in [7, 11) is 0. The average molecular weight is 567 g/mol. The molecule has 0 amide bonds. The molecule has 1 aliphatic carbocycles. The van der Waals surface area contributed by atoms with Gasteiger partial charge in [-0.25, -0.2) is 13.2 Å². The lowest BCUT2D eigenvalue weighted by Gasteiger charge is -2.42. The van der Waals surface area contributed by atoms with Crippen LogP contribution in [0, 0.1) is 0 Å². The van der Waals surface area contributed by atoms with E-state index < -0.39 is 12.1 Å². The maximum atomic E-state index is 14.1. The molecule has 0 bridgehead atoms. The molecule has 2 fully saturated rings. The standard InChI is InChI=1S/C28H34F2N4.C6H11F/c1-4-8-27(34-19-28(29,30)18-32-21(34)3)24-14-13-23-15-25(33-26(23)16-24)17-31-20(2)11-12-22-9-6-5-7-10-22;7-6-4-2-1-3-5-6/h5-7,9-10,13-14,16,27,31-32H,2-4,8,11-12,15,17-19H2,1H3;6H,1-5H2. The molecule has 2 heterocycles. The van der Waals surface area contributed by atoms with Gasteiger partial charge in [-0.15, -0.1) is 0 Å². The van der Waals surface area contributed by atoms with Crippen molar-refractivity contribution in [2.75, 3.05) is 19.6 Å². The lowest BCUT2D eigenvalue weighted by Crippen LogP contribution is -2.52. The number of nitrogens with zero attached hydrogens (tertiary/aromatic N) is 2. The maximum absolute atomic E-state index is 14.1. The van der Waals surface area contributed by atoms with E-state index >= 15 is 0 Å². The molecule has 5 rings (SSSR count). The minimum absolute atomic E-state index is 0.156. The average Bonchev–Trinajstić information content (AvgIpc) is 3.39. The molecule has 0 aromatic heterocycles. The molecule has 3 aliphatic rings. The zero-order valence-corrected chi connectivity index (χ0v) is 24.4. The molecule has 0 radical (unpaired) electrons. The van der Waals surface area contributed by atoms with Crippen LogP contribution < -0.4 is 10.6 Å². The van der Waals surface area contributed by atoms with Crippen molar-refractivity contribution in [3.63, 3.8) is 0 Å². The summed E-state index contributed by atoms with van der Waals surface area (Å²) in [6.45, 7) is 10.2. The van der Waals surface area contributed by atoms with Gasteiger partial charge >= 0.3 is 0 Å². The highest BCUT2D eigenvalue weighted by molar-refractivity contribution is 5.95. The molecule has 2 aromatic carbocycles. The molecule has 1 saturated carbocycles. The summed E-state index contributed by atoms with van der Waals surface area (Å²) in [6, 6.07) is 16.4. The number of fused-ring (bicyclic) bond motifs is 1. The van der Waals surface area contributed by atoms with Crippen LogP contribution in [0.5, 0.6) is 0 Å². The summed E-state index contributed by atoms with van der Waals surface area (Å²) >= 11 is 0. The molecule has 41 heavy (non-hydrogen) atoms. The number of hydrogen-bond acceptors (Lipinski definition) is 4. The number of hydrogen-bond donors (Lipinski definition) is 2. The lowest BCUT2D eigenvalue weighted by molar-refractivity contribution is -0.0536. The van der Waals surface area contributed by atoms with E-state index in [0.29, 0.717) is 12.4 Å². The zero-order chi connectivity index (χ0) is 29.2. The molecule has 4 nitrogen and oxygen atoms in total. The molecule has 2 aromatic rings. The molecule has 2 aliphatic heterocycles. The summed E-state index contributed by atoms with van der Waals surface area (Å²) in [5, 5.41) is 6.19. The van der Waals surface area contributed by atoms with E-state index in [1.165, 1.54) is 17.5 Å². The second-order valence-electron chi connectivity index (χ2n) is 11.5. The van der Waals surface area contributed by atoms with E-state index in [9.17, 15) is 13.2 Å². The molecule has 1 saturated heterocycles. The fourth-order valence-corrected chi connectivity index (χ4v) is 5.69. The quantitative estimate of drug-likeness (QED) is 0.305. The van der Waals surface area contributed by atoms with Crippen LogP contribution in [0.4, 0.5) is 18.9 Å². The molecule has 1 unspecified atom stereocenters. The Kier molecular flexibility index (Phi) is 10.9. The van der Waals surface area contributed by atoms with Crippen LogP contribution in [-0.4, -0.2) is 42.3 Å². The van der Waals surface area contributed by atoms with E-state index in [0.717, 1.165) is 80.4 Å². The lowest BCUT2D eigenvalue weighted by atomic mass is 9.96. The minimum Gasteiger partial charge on any atom is -0.383 e. The Labute approximate surface area is 243 Å². The molecule has 0 spiro atoms. The van der Waals surface area contributed by atoms with Gasteiger partial charge in [0.05, 0.1) is 37.2 Å². The van der Waals surface area contributed by atoms with Crippen molar-refractivity contribution in [1.82, 2.24) is 15.5 Å². The highest BCUT2D eigenvalue weighted by atomic mass is 19.3. The van der Waals surface area contributed by atoms with Crippen LogP contribution in [-0.2, 0) is 12.8 Å². The number of benzene rings is 2. The first kappa shape index (κ1) is 30.7. The normalized spacial score (nSPS) is 18.9. The largest absolute Gasteiger partial charge is 0.383 e. The van der Waals surface area contributed by atoms with Gasteiger partial charge in [0.2, 0.25) is 0 Å². The predicted molar refractivity (Wildman–Crippen MR) is 164 cm³/mol. The van der Waals surface area contributed by atoms with Crippen LogP contribution in [0.1, 0.15) is 81.0 Å². The second-order valence-corrected chi connectivity index (χ2v) is 11.5. The summed E-state index contributed by atoms with van der Waals surface area (Å²) in [4.78, 5) is 6.56. The topological polar surface area (TPSA) is 39.7 Å². The van der Waals surface area contributed by atoms with Gasteiger partial charge in [-0.05, 0) is 54.9 Å². The zero-order valence-electron chi connectivity index (χ0n) is 24.4. The van der Waals surface area contributed by atoms with Gasteiger partial charge in [0.15, 0.2) is 0 Å². The van der Waals surface area contributed by atoms with Crippen molar-refractivity contribution in [2.24, 2.45) is 4.99 Å². The van der Waals surface area contributed by atoms with Crippen LogP contribution in [0.15, 0.2) is 78.2 Å². The first-order chi connectivity index (χ1) is 19.7. The number of halogens is 3. The van der Waals surface area contributed by atoms with E-state index in [4.69, 9.17) is 4.99 Å². The van der Waals surface area contributed by atoms with E-state index in [2.05, 4.69) is 73.2 Å². The number of aryl methyl sites for hydroxylation is 1. The Bertz CT molecular complexity index is 1190. The van der Waals surface area contributed by atoms with E-state index in [-0.39, 0.29) is 19.1 Å². The van der Waals surface area contributed by atoms with Crippen molar-refractivity contribution in [1.29, 1.82) is 0 Å². The SMILES string of the molecule is C=C(CCc1ccccc1)NCC1=Nc2cc(C(CCC)N3CC(F)(F)CNC3=C)ccc2C1.FC1CCCCC1. The fourth-order valence-electron chi connectivity index (χ4n) is 5.69. The number of rotatable bonds is 10. The Morgan fingerprint density at radius 1 is 1.15 bits per heavy atom. The van der Waals surface area contributed by atoms with Gasteiger partial charge in [0, 0.05) is 17.8 Å². The Morgan fingerprint density at radius 2 is 1.90 bits per heavy atom. The van der Waals surface area contributed by atoms with Crippen LogP contribution >= 0.6 is 0 Å². The van der Waals surface area contributed by atoms with Crippen molar-refractivity contribution in [3.8, 4) is 0 Å². The number of nitrogens with one attached hydrogen (secondary N) is 2. The molecule has 7 heteroatoms. The summed E-state index contributed by atoms with van der Waals surface area (Å²) in [5.74, 6) is -2.21. The highest BCUT2D eigenvalue weighted by Crippen LogP contribution is 2.37. The monoisotopic (exact) mass is 566 g/mol. The van der Waals surface area contributed by atoms with Gasteiger partial charge in [-0.3, -0.25) is 4.99 Å². The molecular formula is C34H45F3N4. The third-order valence-corrected chi connectivity index (χ3v) is 8.04. The van der Waals surface area contributed by atoms with Crippen LogP contribution in [0.2, 0.25) is 0 Å². The Morgan fingerprint density at radius 3 is 2.59 bits per heavy atom. The van der Waals surface area contributed by atoms with E-state index in [1.807, 2.05) is 6.07 Å². The number of alkyl halides is 3. The van der Waals surface area contributed by atoms with Gasteiger partial charge in [0.25, 0.3) is 5.92 Å². The summed E-state index contributed by atoms with van der Waals surface area (Å²) in [5.41, 5.74) is 6.49. The molecule has 222 valence electrons. The van der Waals surface area contributed by atoms with Crippen LogP contribution in [0.3, 0.4) is 0 Å². The summed E-state index contributed by atoms with van der Waals surface area (Å²) < 4.78 is 40.5. The Balaban J connectivity index is 0.000000483. The smallest absolute Gasteiger partial charge is 0.282 e. The van der Waals surface area contributed by atoms with Crippen molar-refractivity contribution in [3.05, 3.63) is 89.9 Å².